The van der Waals surface area contributed by atoms with E-state index in [4.69, 9.17) is 10.9 Å². The Balaban J connectivity index is 2.51. The molecule has 4 N–H and O–H groups in total. The van der Waals surface area contributed by atoms with Gasteiger partial charge in [0.25, 0.3) is 5.56 Å². The third kappa shape index (κ3) is 5.79. The minimum absolute atomic E-state index is 0.104. The van der Waals surface area contributed by atoms with Gasteiger partial charge in [-0.1, -0.05) is 44.1 Å². The number of nitrogens with zero attached hydrogens (tertiary/aromatic N) is 2. The van der Waals surface area contributed by atoms with Crippen LogP contribution in [0.5, 0.6) is 0 Å². The van der Waals surface area contributed by atoms with Gasteiger partial charge in [0.05, 0.1) is 0 Å². The molecule has 1 aromatic heterocycles. The molecule has 0 aromatic carbocycles. The van der Waals surface area contributed by atoms with Crippen LogP contribution in [0.1, 0.15) is 45.7 Å². The predicted octanol–water partition coefficient (Wildman–Crippen LogP) is 2.37. The van der Waals surface area contributed by atoms with E-state index in [0.29, 0.717) is 5.16 Å². The van der Waals surface area contributed by atoms with Gasteiger partial charge in [-0.05, 0) is 19.3 Å². The van der Waals surface area contributed by atoms with Crippen LogP contribution in [0, 0.1) is 5.41 Å². The Morgan fingerprint density at radius 2 is 2.29 bits per heavy atom. The molecule has 1 aromatic rings. The number of aromatic amines is 1. The molecule has 0 saturated carbocycles. The summed E-state index contributed by atoms with van der Waals surface area (Å²) in [5.41, 5.74) is 6.05. The first kappa shape index (κ1) is 17.6. The maximum Gasteiger partial charge on any atom is 0.251 e. The van der Waals surface area contributed by atoms with Crippen molar-refractivity contribution in [2.45, 2.75) is 51.6 Å². The summed E-state index contributed by atoms with van der Waals surface area (Å²) in [7, 11) is 0. The summed E-state index contributed by atoms with van der Waals surface area (Å²) in [6.45, 7) is 5.94. The lowest BCUT2D eigenvalue weighted by Gasteiger charge is -2.22. The number of aromatic nitrogens is 2. The van der Waals surface area contributed by atoms with E-state index < -0.39 is 0 Å². The van der Waals surface area contributed by atoms with Crippen molar-refractivity contribution in [1.29, 1.82) is 0 Å². The molecule has 1 rings (SSSR count). The van der Waals surface area contributed by atoms with Crippen molar-refractivity contribution in [3.8, 4) is 0 Å². The fourth-order valence-corrected chi connectivity index (χ4v) is 2.72. The van der Waals surface area contributed by atoms with Gasteiger partial charge in [0, 0.05) is 22.9 Å². The summed E-state index contributed by atoms with van der Waals surface area (Å²) in [4.78, 5) is 18.7. The van der Waals surface area contributed by atoms with Crippen LogP contribution in [0.25, 0.3) is 0 Å². The number of thioether (sulfide) groups is 1. The van der Waals surface area contributed by atoms with Crippen LogP contribution in [-0.2, 0) is 6.42 Å². The molecule has 118 valence electrons. The maximum atomic E-state index is 11.5. The van der Waals surface area contributed by atoms with Crippen molar-refractivity contribution in [1.82, 2.24) is 9.97 Å². The molecular weight excluding hydrogens is 288 g/mol. The minimum Gasteiger partial charge on any atom is -0.409 e. The van der Waals surface area contributed by atoms with Crippen molar-refractivity contribution in [2.24, 2.45) is 16.3 Å². The fraction of sp³-hybridized carbons (Fsp3) is 0.643. The number of nitrogens with one attached hydrogen (secondary N) is 1. The zero-order chi connectivity index (χ0) is 15.9. The summed E-state index contributed by atoms with van der Waals surface area (Å²) in [5, 5.41) is 12.5. The monoisotopic (exact) mass is 312 g/mol. The van der Waals surface area contributed by atoms with Crippen molar-refractivity contribution in [3.63, 3.8) is 0 Å². The van der Waals surface area contributed by atoms with Crippen LogP contribution in [0.15, 0.2) is 21.2 Å². The Bertz CT molecular complexity index is 540. The molecule has 6 nitrogen and oxygen atoms in total. The van der Waals surface area contributed by atoms with Crippen molar-refractivity contribution in [3.05, 3.63) is 22.1 Å². The summed E-state index contributed by atoms with van der Waals surface area (Å²) < 4.78 is 0. The van der Waals surface area contributed by atoms with Gasteiger partial charge in [-0.3, -0.25) is 4.79 Å². The normalized spacial score (nSPS) is 12.6. The molecule has 0 amide bonds. The van der Waals surface area contributed by atoms with Crippen molar-refractivity contribution in [2.75, 3.05) is 5.75 Å². The van der Waals surface area contributed by atoms with E-state index in [1.54, 1.807) is 6.07 Å². The lowest BCUT2D eigenvalue weighted by molar-refractivity contribution is 0.305. The minimum atomic E-state index is -0.333. The van der Waals surface area contributed by atoms with Crippen molar-refractivity contribution >= 4 is 17.6 Å². The molecule has 1 heterocycles. The first-order valence-electron chi connectivity index (χ1n) is 7.10. The van der Waals surface area contributed by atoms with E-state index >= 15 is 0 Å². The third-order valence-corrected chi connectivity index (χ3v) is 4.22. The summed E-state index contributed by atoms with van der Waals surface area (Å²) in [6, 6.07) is 1.55. The van der Waals surface area contributed by atoms with Crippen LogP contribution in [0.4, 0.5) is 0 Å². The van der Waals surface area contributed by atoms with Gasteiger partial charge in [0.1, 0.15) is 5.84 Å². The largest absolute Gasteiger partial charge is 0.409 e. The summed E-state index contributed by atoms with van der Waals surface area (Å²) in [5.74, 6) is 1.06. The van der Waals surface area contributed by atoms with E-state index in [0.717, 1.165) is 37.1 Å². The SMILES string of the molecule is CCCc1cc(=O)[nH]c(SCCCC(C)(C)C(N)=NO)n1. The number of hydrogen-bond donors (Lipinski definition) is 3. The van der Waals surface area contributed by atoms with E-state index in [1.807, 2.05) is 13.8 Å². The van der Waals surface area contributed by atoms with E-state index in [2.05, 4.69) is 22.0 Å². The Morgan fingerprint density at radius 3 is 2.90 bits per heavy atom. The number of H-pyrrole nitrogens is 1. The Morgan fingerprint density at radius 1 is 1.57 bits per heavy atom. The second kappa shape index (κ2) is 8.07. The molecule has 21 heavy (non-hydrogen) atoms. The summed E-state index contributed by atoms with van der Waals surface area (Å²) in [6.07, 6.45) is 3.47. The maximum absolute atomic E-state index is 11.5. The molecule has 0 fully saturated rings. The first-order valence-corrected chi connectivity index (χ1v) is 8.08. The number of nitrogens with two attached hydrogens (primary N) is 1. The average molecular weight is 312 g/mol. The highest BCUT2D eigenvalue weighted by Crippen LogP contribution is 2.24. The quantitative estimate of drug-likeness (QED) is 0.130. The fourth-order valence-electron chi connectivity index (χ4n) is 1.88. The zero-order valence-electron chi connectivity index (χ0n) is 12.8. The Hall–Kier alpha value is -1.50. The molecule has 0 saturated heterocycles. The van der Waals surface area contributed by atoms with Crippen LogP contribution in [0.3, 0.4) is 0 Å². The van der Waals surface area contributed by atoms with Gasteiger partial charge in [-0.25, -0.2) is 4.98 Å². The molecule has 0 unspecified atom stereocenters. The lowest BCUT2D eigenvalue weighted by Crippen LogP contribution is -2.31. The molecule has 7 heteroatoms. The van der Waals surface area contributed by atoms with E-state index in [9.17, 15) is 4.79 Å². The van der Waals surface area contributed by atoms with Gasteiger partial charge in [-0.2, -0.15) is 0 Å². The topological polar surface area (TPSA) is 104 Å². The average Bonchev–Trinajstić information content (AvgIpc) is 2.42. The van der Waals surface area contributed by atoms with Crippen molar-refractivity contribution < 1.29 is 5.21 Å². The van der Waals surface area contributed by atoms with Gasteiger partial charge >= 0.3 is 0 Å². The van der Waals surface area contributed by atoms with Gasteiger partial charge in [0.2, 0.25) is 0 Å². The number of oxime groups is 1. The molecule has 0 aliphatic carbocycles. The molecule has 0 atom stereocenters. The van der Waals surface area contributed by atoms with Gasteiger partial charge in [0.15, 0.2) is 5.16 Å². The number of aryl methyl sites for hydroxylation is 1. The molecule has 0 spiro atoms. The zero-order valence-corrected chi connectivity index (χ0v) is 13.7. The predicted molar refractivity (Wildman–Crippen MR) is 86.0 cm³/mol. The Kier molecular flexibility index (Phi) is 6.74. The number of hydrogen-bond acceptors (Lipinski definition) is 5. The van der Waals surface area contributed by atoms with Crippen LogP contribution in [0.2, 0.25) is 0 Å². The van der Waals surface area contributed by atoms with Crippen LogP contribution >= 0.6 is 11.8 Å². The second-order valence-corrected chi connectivity index (χ2v) is 6.70. The van der Waals surface area contributed by atoms with Gasteiger partial charge in [-0.15, -0.1) is 0 Å². The molecule has 0 aliphatic rings. The Labute approximate surface area is 129 Å². The smallest absolute Gasteiger partial charge is 0.251 e. The summed E-state index contributed by atoms with van der Waals surface area (Å²) >= 11 is 1.52. The number of rotatable bonds is 8. The second-order valence-electron chi connectivity index (χ2n) is 5.61. The van der Waals surface area contributed by atoms with Crippen LogP contribution in [-0.4, -0.2) is 26.8 Å². The van der Waals surface area contributed by atoms with Gasteiger partial charge < -0.3 is 15.9 Å². The third-order valence-electron chi connectivity index (χ3n) is 3.27. The number of amidine groups is 1. The van der Waals surface area contributed by atoms with E-state index in [-0.39, 0.29) is 16.8 Å². The highest BCUT2D eigenvalue weighted by atomic mass is 32.2. The van der Waals surface area contributed by atoms with E-state index in [1.165, 1.54) is 11.8 Å². The standard InChI is InChI=1S/C14H24N4O2S/c1-4-6-10-9-11(19)17-13(16-10)21-8-5-7-14(2,3)12(15)18-20/h9,20H,4-8H2,1-3H3,(H2,15,18)(H,16,17,19). The highest BCUT2D eigenvalue weighted by molar-refractivity contribution is 7.99. The first-order chi connectivity index (χ1) is 9.89. The molecule has 0 bridgehead atoms. The molecule has 0 aliphatic heterocycles. The molecular formula is C14H24N4O2S. The van der Waals surface area contributed by atoms with Crippen LogP contribution < -0.4 is 11.3 Å². The highest BCUT2D eigenvalue weighted by Gasteiger charge is 2.22. The molecule has 0 radical (unpaired) electrons. The lowest BCUT2D eigenvalue weighted by atomic mass is 9.87.